The summed E-state index contributed by atoms with van der Waals surface area (Å²) in [5, 5.41) is 5.93. The first-order valence-electron chi connectivity index (χ1n) is 6.41. The van der Waals surface area contributed by atoms with Gasteiger partial charge < -0.3 is 9.88 Å². The fraction of sp³-hybridized carbons (Fsp3) is 0.200. The molecule has 0 atom stereocenters. The van der Waals surface area contributed by atoms with E-state index in [0.717, 1.165) is 19.6 Å². The molecule has 0 aliphatic rings. The maximum absolute atomic E-state index is 4.15. The first kappa shape index (κ1) is 11.9. The van der Waals surface area contributed by atoms with Gasteiger partial charge >= 0.3 is 0 Å². The lowest BCUT2D eigenvalue weighted by Crippen LogP contribution is -2.19. The SMILES string of the molecule is c1cc(CNCCn2ccnc2)c2ccncc2c1. The Morgan fingerprint density at radius 1 is 1.11 bits per heavy atom. The van der Waals surface area contributed by atoms with E-state index in [4.69, 9.17) is 0 Å². The van der Waals surface area contributed by atoms with Gasteiger partial charge in [-0.3, -0.25) is 4.98 Å². The highest BCUT2D eigenvalue weighted by Crippen LogP contribution is 2.16. The van der Waals surface area contributed by atoms with Crippen molar-refractivity contribution in [1.82, 2.24) is 19.9 Å². The number of aromatic nitrogens is 3. The maximum atomic E-state index is 4.15. The van der Waals surface area contributed by atoms with Crippen LogP contribution in [0.2, 0.25) is 0 Å². The monoisotopic (exact) mass is 252 g/mol. The topological polar surface area (TPSA) is 42.7 Å². The predicted molar refractivity (Wildman–Crippen MR) is 75.7 cm³/mol. The maximum Gasteiger partial charge on any atom is 0.0946 e. The van der Waals surface area contributed by atoms with E-state index in [1.807, 2.05) is 24.9 Å². The van der Waals surface area contributed by atoms with Crippen LogP contribution >= 0.6 is 0 Å². The van der Waals surface area contributed by atoms with E-state index in [1.165, 1.54) is 16.3 Å². The van der Waals surface area contributed by atoms with Gasteiger partial charge in [-0.2, -0.15) is 0 Å². The van der Waals surface area contributed by atoms with Gasteiger partial charge in [0.25, 0.3) is 0 Å². The fourth-order valence-electron chi connectivity index (χ4n) is 2.19. The fourth-order valence-corrected chi connectivity index (χ4v) is 2.19. The molecule has 19 heavy (non-hydrogen) atoms. The van der Waals surface area contributed by atoms with Crippen LogP contribution < -0.4 is 5.32 Å². The van der Waals surface area contributed by atoms with Crippen LogP contribution in [-0.2, 0) is 13.1 Å². The van der Waals surface area contributed by atoms with Crippen LogP contribution in [0.5, 0.6) is 0 Å². The molecule has 3 aromatic rings. The van der Waals surface area contributed by atoms with E-state index < -0.39 is 0 Å². The van der Waals surface area contributed by atoms with Gasteiger partial charge in [-0.25, -0.2) is 4.98 Å². The van der Waals surface area contributed by atoms with Crippen molar-refractivity contribution in [2.45, 2.75) is 13.1 Å². The van der Waals surface area contributed by atoms with Crippen molar-refractivity contribution < 1.29 is 0 Å². The van der Waals surface area contributed by atoms with Crippen molar-refractivity contribution in [2.24, 2.45) is 0 Å². The van der Waals surface area contributed by atoms with E-state index in [9.17, 15) is 0 Å². The van der Waals surface area contributed by atoms with Crippen molar-refractivity contribution in [3.05, 3.63) is 60.9 Å². The molecule has 4 nitrogen and oxygen atoms in total. The first-order valence-corrected chi connectivity index (χ1v) is 6.41. The van der Waals surface area contributed by atoms with Crippen LogP contribution in [0.3, 0.4) is 0 Å². The minimum atomic E-state index is 0.871. The highest BCUT2D eigenvalue weighted by atomic mass is 15.0. The molecular weight excluding hydrogens is 236 g/mol. The van der Waals surface area contributed by atoms with E-state index in [1.54, 1.807) is 6.20 Å². The Balaban J connectivity index is 1.62. The standard InChI is InChI=1S/C15H16N4/c1-2-13-10-16-5-4-15(13)14(3-1)11-17-6-8-19-9-7-18-12-19/h1-5,7,9-10,12,17H,6,8,11H2. The third-order valence-electron chi connectivity index (χ3n) is 3.19. The summed E-state index contributed by atoms with van der Waals surface area (Å²) in [6.07, 6.45) is 9.37. The zero-order valence-corrected chi connectivity index (χ0v) is 10.7. The number of pyridine rings is 1. The molecule has 0 amide bonds. The number of rotatable bonds is 5. The molecule has 4 heteroatoms. The van der Waals surface area contributed by atoms with E-state index in [0.29, 0.717) is 0 Å². The van der Waals surface area contributed by atoms with Crippen molar-refractivity contribution in [3.63, 3.8) is 0 Å². The second-order valence-corrected chi connectivity index (χ2v) is 4.49. The smallest absolute Gasteiger partial charge is 0.0946 e. The molecule has 2 aromatic heterocycles. The molecule has 0 saturated heterocycles. The molecule has 0 saturated carbocycles. The Bertz CT molecular complexity index is 641. The molecule has 96 valence electrons. The quantitative estimate of drug-likeness (QED) is 0.708. The zero-order valence-electron chi connectivity index (χ0n) is 10.7. The van der Waals surface area contributed by atoms with Crippen molar-refractivity contribution in [3.8, 4) is 0 Å². The highest BCUT2D eigenvalue weighted by Gasteiger charge is 1.99. The van der Waals surface area contributed by atoms with E-state index in [-0.39, 0.29) is 0 Å². The first-order chi connectivity index (χ1) is 9.43. The Morgan fingerprint density at radius 2 is 2.11 bits per heavy atom. The normalized spacial score (nSPS) is 10.9. The van der Waals surface area contributed by atoms with Crippen LogP contribution in [0.4, 0.5) is 0 Å². The molecule has 0 radical (unpaired) electrons. The number of nitrogens with one attached hydrogen (secondary N) is 1. The second kappa shape index (κ2) is 5.63. The summed E-state index contributed by atoms with van der Waals surface area (Å²) in [4.78, 5) is 8.18. The van der Waals surface area contributed by atoms with Gasteiger partial charge in [0, 0.05) is 49.8 Å². The van der Waals surface area contributed by atoms with Crippen molar-refractivity contribution in [1.29, 1.82) is 0 Å². The summed E-state index contributed by atoms with van der Waals surface area (Å²) in [6, 6.07) is 8.41. The number of hydrogen-bond donors (Lipinski definition) is 1. The van der Waals surface area contributed by atoms with Gasteiger partial charge in [0.2, 0.25) is 0 Å². The predicted octanol–water partition coefficient (Wildman–Crippen LogP) is 2.22. The molecule has 0 spiro atoms. The molecule has 0 aliphatic carbocycles. The lowest BCUT2D eigenvalue weighted by atomic mass is 10.1. The molecular formula is C15H16N4. The van der Waals surface area contributed by atoms with Crippen LogP contribution in [0, 0.1) is 0 Å². The molecule has 0 aliphatic heterocycles. The molecule has 0 bridgehead atoms. The van der Waals surface area contributed by atoms with Gasteiger partial charge in [-0.15, -0.1) is 0 Å². The lowest BCUT2D eigenvalue weighted by Gasteiger charge is -2.08. The highest BCUT2D eigenvalue weighted by molar-refractivity contribution is 5.84. The Labute approximate surface area is 112 Å². The molecule has 3 rings (SSSR count). The molecule has 2 heterocycles. The third-order valence-corrected chi connectivity index (χ3v) is 3.19. The summed E-state index contributed by atoms with van der Waals surface area (Å²) >= 11 is 0. The van der Waals surface area contributed by atoms with Gasteiger partial charge in [0.1, 0.15) is 0 Å². The summed E-state index contributed by atoms with van der Waals surface area (Å²) in [7, 11) is 0. The molecule has 0 fully saturated rings. The minimum Gasteiger partial charge on any atom is -0.336 e. The molecule has 1 N–H and O–H groups in total. The number of benzene rings is 1. The van der Waals surface area contributed by atoms with Crippen LogP contribution in [0.1, 0.15) is 5.56 Å². The van der Waals surface area contributed by atoms with Crippen LogP contribution in [0.25, 0.3) is 10.8 Å². The zero-order chi connectivity index (χ0) is 12.9. The average molecular weight is 252 g/mol. The van der Waals surface area contributed by atoms with E-state index in [2.05, 4.69) is 44.1 Å². The Hall–Kier alpha value is -2.20. The van der Waals surface area contributed by atoms with Crippen molar-refractivity contribution in [2.75, 3.05) is 6.54 Å². The third kappa shape index (κ3) is 2.80. The van der Waals surface area contributed by atoms with E-state index >= 15 is 0 Å². The number of imidazole rings is 1. The van der Waals surface area contributed by atoms with Crippen LogP contribution in [-0.4, -0.2) is 21.1 Å². The summed E-state index contributed by atoms with van der Waals surface area (Å²) in [6.45, 7) is 2.74. The van der Waals surface area contributed by atoms with Crippen LogP contribution in [0.15, 0.2) is 55.4 Å². The Kier molecular flexibility index (Phi) is 3.51. The van der Waals surface area contributed by atoms with Crippen molar-refractivity contribution >= 4 is 10.8 Å². The number of nitrogens with zero attached hydrogens (tertiary/aromatic N) is 3. The minimum absolute atomic E-state index is 0.871. The molecule has 1 aromatic carbocycles. The number of hydrogen-bond acceptors (Lipinski definition) is 3. The van der Waals surface area contributed by atoms with Gasteiger partial charge in [-0.05, 0) is 17.0 Å². The second-order valence-electron chi connectivity index (χ2n) is 4.49. The summed E-state index contributed by atoms with van der Waals surface area (Å²) in [5.74, 6) is 0. The lowest BCUT2D eigenvalue weighted by molar-refractivity contribution is 0.598. The largest absolute Gasteiger partial charge is 0.336 e. The summed E-state index contributed by atoms with van der Waals surface area (Å²) in [5.41, 5.74) is 1.31. The van der Waals surface area contributed by atoms with Gasteiger partial charge in [-0.1, -0.05) is 18.2 Å². The summed E-state index contributed by atoms with van der Waals surface area (Å²) < 4.78 is 2.07. The van der Waals surface area contributed by atoms with Gasteiger partial charge in [0.05, 0.1) is 6.33 Å². The molecule has 0 unspecified atom stereocenters. The van der Waals surface area contributed by atoms with Gasteiger partial charge in [0.15, 0.2) is 0 Å². The average Bonchev–Trinajstić information content (AvgIpc) is 2.97. The number of fused-ring (bicyclic) bond motifs is 1. The Morgan fingerprint density at radius 3 is 3.00 bits per heavy atom.